The van der Waals surface area contributed by atoms with E-state index >= 15 is 0 Å². The second-order valence-corrected chi connectivity index (χ2v) is 6.32. The van der Waals surface area contributed by atoms with Crippen molar-refractivity contribution < 1.29 is 38.6 Å². The van der Waals surface area contributed by atoms with Crippen LogP contribution in [0.4, 0.5) is 0 Å². The first-order valence-corrected chi connectivity index (χ1v) is 8.37. The summed E-state index contributed by atoms with van der Waals surface area (Å²) in [6.45, 7) is 1.64. The summed E-state index contributed by atoms with van der Waals surface area (Å²) in [4.78, 5) is 59.0. The van der Waals surface area contributed by atoms with Gasteiger partial charge in [0, 0.05) is 19.4 Å². The molecule has 4 unspecified atom stereocenters. The molecule has 0 aromatic carbocycles. The Labute approximate surface area is 149 Å². The molecule has 4 atom stereocenters. The molecule has 3 amide bonds. The number of ether oxygens (including phenoxy) is 2. The number of nitrogens with zero attached hydrogens (tertiary/aromatic N) is 1. The van der Waals surface area contributed by atoms with Gasteiger partial charge in [-0.15, -0.1) is 0 Å². The second kappa shape index (κ2) is 8.86. The van der Waals surface area contributed by atoms with Crippen LogP contribution in [0.15, 0.2) is 0 Å². The SMILES string of the molecule is CC(OCCOC1CC(=O)C(C2CCC(=O)NC2=O)N(C=O)C1)C(=O)O. The largest absolute Gasteiger partial charge is 0.479 e. The van der Waals surface area contributed by atoms with Gasteiger partial charge in [0.25, 0.3) is 0 Å². The lowest BCUT2D eigenvalue weighted by Gasteiger charge is -2.40. The maximum Gasteiger partial charge on any atom is 0.332 e. The second-order valence-electron chi connectivity index (χ2n) is 6.32. The van der Waals surface area contributed by atoms with Crippen molar-refractivity contribution in [3.63, 3.8) is 0 Å². The molecule has 2 aliphatic rings. The number of hydrogen-bond donors (Lipinski definition) is 2. The number of carboxylic acid groups (broad SMARTS) is 1. The summed E-state index contributed by atoms with van der Waals surface area (Å²) in [7, 11) is 0. The van der Waals surface area contributed by atoms with Gasteiger partial charge >= 0.3 is 5.97 Å². The van der Waals surface area contributed by atoms with Gasteiger partial charge in [0.15, 0.2) is 11.9 Å². The summed E-state index contributed by atoms with van der Waals surface area (Å²) in [5.74, 6) is -3.06. The van der Waals surface area contributed by atoms with Crippen molar-refractivity contribution in [2.45, 2.75) is 44.4 Å². The summed E-state index contributed by atoms with van der Waals surface area (Å²) < 4.78 is 10.5. The van der Waals surface area contributed by atoms with Crippen LogP contribution in [0.2, 0.25) is 0 Å². The van der Waals surface area contributed by atoms with Gasteiger partial charge in [-0.2, -0.15) is 0 Å². The van der Waals surface area contributed by atoms with Crippen LogP contribution in [0, 0.1) is 5.92 Å². The van der Waals surface area contributed by atoms with Gasteiger partial charge in [0.1, 0.15) is 6.04 Å². The molecule has 0 aromatic rings. The van der Waals surface area contributed by atoms with Gasteiger partial charge in [-0.3, -0.25) is 24.5 Å². The van der Waals surface area contributed by atoms with Crippen LogP contribution < -0.4 is 5.32 Å². The van der Waals surface area contributed by atoms with Crippen LogP contribution in [0.1, 0.15) is 26.2 Å². The van der Waals surface area contributed by atoms with E-state index in [9.17, 15) is 24.0 Å². The van der Waals surface area contributed by atoms with E-state index in [0.29, 0.717) is 6.41 Å². The molecule has 144 valence electrons. The molecule has 0 aromatic heterocycles. The number of Topliss-reactive ketones (excluding diaryl/α,β-unsaturated/α-hetero) is 1. The molecule has 0 radical (unpaired) electrons. The number of likely N-dealkylation sites (tertiary alicyclic amines) is 1. The Morgan fingerprint density at radius 1 is 1.38 bits per heavy atom. The van der Waals surface area contributed by atoms with E-state index in [4.69, 9.17) is 14.6 Å². The number of carbonyl (C=O) groups excluding carboxylic acids is 4. The van der Waals surface area contributed by atoms with Gasteiger partial charge in [-0.1, -0.05) is 0 Å². The normalized spacial score (nSPS) is 27.8. The highest BCUT2D eigenvalue weighted by Crippen LogP contribution is 2.26. The number of aliphatic carboxylic acids is 1. The predicted octanol–water partition coefficient (Wildman–Crippen LogP) is -1.29. The first kappa shape index (κ1) is 20.0. The number of rotatable bonds is 8. The van der Waals surface area contributed by atoms with Crippen LogP contribution in [0.5, 0.6) is 0 Å². The van der Waals surface area contributed by atoms with Crippen molar-refractivity contribution in [1.82, 2.24) is 10.2 Å². The molecule has 2 fully saturated rings. The monoisotopic (exact) mass is 370 g/mol. The maximum absolute atomic E-state index is 12.5. The van der Waals surface area contributed by atoms with Crippen molar-refractivity contribution in [2.24, 2.45) is 5.92 Å². The van der Waals surface area contributed by atoms with Gasteiger partial charge in [-0.05, 0) is 13.3 Å². The van der Waals surface area contributed by atoms with Gasteiger partial charge in [0.2, 0.25) is 18.2 Å². The molecule has 0 saturated carbocycles. The van der Waals surface area contributed by atoms with Gasteiger partial charge in [0.05, 0.1) is 25.2 Å². The highest BCUT2D eigenvalue weighted by atomic mass is 16.5. The number of imide groups is 1. The highest BCUT2D eigenvalue weighted by Gasteiger charge is 2.44. The minimum absolute atomic E-state index is 0.0290. The fraction of sp³-hybridized carbons (Fsp3) is 0.688. The summed E-state index contributed by atoms with van der Waals surface area (Å²) in [5.41, 5.74) is 0. The molecular weight excluding hydrogens is 348 g/mol. The van der Waals surface area contributed by atoms with E-state index in [-0.39, 0.29) is 50.7 Å². The van der Waals surface area contributed by atoms with Crippen LogP contribution in [0.3, 0.4) is 0 Å². The van der Waals surface area contributed by atoms with Crippen molar-refractivity contribution in [2.75, 3.05) is 19.8 Å². The number of ketones is 1. The minimum atomic E-state index is -1.09. The van der Waals surface area contributed by atoms with Crippen LogP contribution in [-0.4, -0.2) is 78.0 Å². The smallest absolute Gasteiger partial charge is 0.332 e. The molecule has 10 heteroatoms. The lowest BCUT2D eigenvalue weighted by molar-refractivity contribution is -0.154. The molecule has 26 heavy (non-hydrogen) atoms. The Morgan fingerprint density at radius 3 is 2.73 bits per heavy atom. The van der Waals surface area contributed by atoms with Crippen LogP contribution in [-0.2, 0) is 33.4 Å². The zero-order chi connectivity index (χ0) is 19.3. The molecule has 10 nitrogen and oxygen atoms in total. The fourth-order valence-electron chi connectivity index (χ4n) is 3.14. The molecule has 2 saturated heterocycles. The first-order valence-electron chi connectivity index (χ1n) is 8.37. The molecule has 2 aliphatic heterocycles. The van der Waals surface area contributed by atoms with Crippen molar-refractivity contribution >= 4 is 30.0 Å². The standard InChI is InChI=1S/C16H22N2O8/c1-9(16(23)24)25-4-5-26-10-6-12(20)14(18(7-10)8-19)11-2-3-13(21)17-15(11)22/h8-11,14H,2-7H2,1H3,(H,23,24)(H,17,21,22). The van der Waals surface area contributed by atoms with E-state index in [0.717, 1.165) is 0 Å². The van der Waals surface area contributed by atoms with Crippen molar-refractivity contribution in [3.05, 3.63) is 0 Å². The van der Waals surface area contributed by atoms with E-state index in [2.05, 4.69) is 5.32 Å². The molecule has 0 spiro atoms. The van der Waals surface area contributed by atoms with E-state index < -0.39 is 36.0 Å². The van der Waals surface area contributed by atoms with Crippen LogP contribution >= 0.6 is 0 Å². The Hall–Kier alpha value is -2.33. The van der Waals surface area contributed by atoms with E-state index in [1.807, 2.05) is 0 Å². The lowest BCUT2D eigenvalue weighted by Crippen LogP contribution is -2.59. The lowest BCUT2D eigenvalue weighted by atomic mass is 9.83. The first-order chi connectivity index (χ1) is 12.3. The Balaban J connectivity index is 1.88. The summed E-state index contributed by atoms with van der Waals surface area (Å²) in [5, 5.41) is 10.9. The number of amides is 3. The molecular formula is C16H22N2O8. The molecule has 2 rings (SSSR count). The van der Waals surface area contributed by atoms with Crippen molar-refractivity contribution in [1.29, 1.82) is 0 Å². The Kier molecular flexibility index (Phi) is 6.81. The highest BCUT2D eigenvalue weighted by molar-refractivity contribution is 6.02. The third-order valence-electron chi connectivity index (χ3n) is 4.48. The minimum Gasteiger partial charge on any atom is -0.479 e. The van der Waals surface area contributed by atoms with Crippen molar-refractivity contribution in [3.8, 4) is 0 Å². The number of hydrogen-bond acceptors (Lipinski definition) is 7. The third-order valence-corrected chi connectivity index (χ3v) is 4.48. The van der Waals surface area contributed by atoms with Gasteiger partial charge < -0.3 is 19.5 Å². The molecule has 2 heterocycles. The summed E-state index contributed by atoms with van der Waals surface area (Å²) in [6, 6.07) is -0.899. The summed E-state index contributed by atoms with van der Waals surface area (Å²) in [6.07, 6.45) is -0.633. The zero-order valence-corrected chi connectivity index (χ0v) is 14.4. The number of carbonyl (C=O) groups is 5. The average molecular weight is 370 g/mol. The quantitative estimate of drug-likeness (QED) is 0.306. The zero-order valence-electron chi connectivity index (χ0n) is 14.4. The van der Waals surface area contributed by atoms with E-state index in [1.54, 1.807) is 0 Å². The Morgan fingerprint density at radius 2 is 2.12 bits per heavy atom. The average Bonchev–Trinajstić information content (AvgIpc) is 2.58. The number of piperidine rings is 2. The van der Waals surface area contributed by atoms with Crippen LogP contribution in [0.25, 0.3) is 0 Å². The Bertz CT molecular complexity index is 593. The summed E-state index contributed by atoms with van der Waals surface area (Å²) >= 11 is 0. The van der Waals surface area contributed by atoms with Gasteiger partial charge in [-0.25, -0.2) is 4.79 Å². The fourth-order valence-corrected chi connectivity index (χ4v) is 3.14. The maximum atomic E-state index is 12.5. The topological polar surface area (TPSA) is 139 Å². The molecule has 0 bridgehead atoms. The molecule has 2 N–H and O–H groups in total. The predicted molar refractivity (Wildman–Crippen MR) is 84.8 cm³/mol. The number of nitrogens with one attached hydrogen (secondary N) is 1. The third kappa shape index (κ3) is 4.85. The number of carboxylic acids is 1. The molecule has 0 aliphatic carbocycles. The van der Waals surface area contributed by atoms with E-state index in [1.165, 1.54) is 11.8 Å².